The summed E-state index contributed by atoms with van der Waals surface area (Å²) in [5, 5.41) is 7.10. The summed E-state index contributed by atoms with van der Waals surface area (Å²) in [5.41, 5.74) is 5.77. The van der Waals surface area contributed by atoms with E-state index in [-0.39, 0.29) is 0 Å². The summed E-state index contributed by atoms with van der Waals surface area (Å²) in [6.07, 6.45) is 1.42. The highest BCUT2D eigenvalue weighted by Crippen LogP contribution is 2.19. The molecule has 1 atom stereocenters. The summed E-state index contributed by atoms with van der Waals surface area (Å²) >= 11 is 0. The van der Waals surface area contributed by atoms with E-state index >= 15 is 0 Å². The third-order valence-corrected chi connectivity index (χ3v) is 2.80. The molecule has 0 fully saturated rings. The fraction of sp³-hybridized carbons (Fsp3) is 0.692. The molecule has 1 unspecified atom stereocenters. The number of rotatable bonds is 4. The van der Waals surface area contributed by atoms with E-state index in [0.29, 0.717) is 13.1 Å². The highest BCUT2D eigenvalue weighted by atomic mass is 16.6. The molecular formula is C13H24N4O2. The molecule has 1 aromatic heterocycles. The third kappa shape index (κ3) is 4.55. The Labute approximate surface area is 114 Å². The fourth-order valence-electron chi connectivity index (χ4n) is 1.59. The summed E-state index contributed by atoms with van der Waals surface area (Å²) < 4.78 is 6.92. The predicted molar refractivity (Wildman–Crippen MR) is 73.9 cm³/mol. The van der Waals surface area contributed by atoms with Crippen LogP contribution in [0.1, 0.15) is 33.4 Å². The van der Waals surface area contributed by atoms with Crippen molar-refractivity contribution in [1.82, 2.24) is 15.1 Å². The number of hydrogen-bond acceptors (Lipinski definition) is 4. The number of aromatic nitrogens is 2. The van der Waals surface area contributed by atoms with Gasteiger partial charge in [0.2, 0.25) is 0 Å². The number of carbonyl (C=O) groups excluding carboxylic acids is 1. The van der Waals surface area contributed by atoms with Crippen LogP contribution in [0.4, 0.5) is 4.79 Å². The van der Waals surface area contributed by atoms with Crippen molar-refractivity contribution in [3.8, 4) is 0 Å². The minimum atomic E-state index is -0.506. The molecule has 0 saturated carbocycles. The lowest BCUT2D eigenvalue weighted by Crippen LogP contribution is -2.45. The van der Waals surface area contributed by atoms with Gasteiger partial charge >= 0.3 is 6.09 Å². The van der Waals surface area contributed by atoms with Crippen LogP contribution in [0.25, 0.3) is 0 Å². The molecule has 1 heterocycles. The number of nitrogens with two attached hydrogens (primary N) is 1. The Morgan fingerprint density at radius 1 is 1.47 bits per heavy atom. The van der Waals surface area contributed by atoms with Crippen molar-refractivity contribution >= 4 is 6.09 Å². The SMILES string of the molecule is Cn1ccc(C(C)(CN)CNC(=O)OC(C)(C)C)n1. The van der Waals surface area contributed by atoms with Gasteiger partial charge in [-0.05, 0) is 26.8 Å². The number of nitrogens with one attached hydrogen (secondary N) is 1. The molecule has 0 radical (unpaired) electrons. The van der Waals surface area contributed by atoms with Crippen LogP contribution in [0.5, 0.6) is 0 Å². The molecule has 0 aromatic carbocycles. The van der Waals surface area contributed by atoms with Gasteiger partial charge in [0.05, 0.1) is 5.69 Å². The van der Waals surface area contributed by atoms with Crippen LogP contribution in [0.3, 0.4) is 0 Å². The van der Waals surface area contributed by atoms with Crippen LogP contribution in [0, 0.1) is 0 Å². The molecular weight excluding hydrogens is 244 g/mol. The van der Waals surface area contributed by atoms with Crippen molar-refractivity contribution in [3.63, 3.8) is 0 Å². The first-order chi connectivity index (χ1) is 8.66. The van der Waals surface area contributed by atoms with Gasteiger partial charge in [0.25, 0.3) is 0 Å². The van der Waals surface area contributed by atoms with E-state index in [9.17, 15) is 4.79 Å². The smallest absolute Gasteiger partial charge is 0.407 e. The van der Waals surface area contributed by atoms with Gasteiger partial charge in [-0.2, -0.15) is 5.10 Å². The minimum absolute atomic E-state index is 0.384. The monoisotopic (exact) mass is 268 g/mol. The van der Waals surface area contributed by atoms with Crippen LogP contribution in [-0.2, 0) is 17.2 Å². The molecule has 3 N–H and O–H groups in total. The number of amides is 1. The van der Waals surface area contributed by atoms with Gasteiger partial charge < -0.3 is 15.8 Å². The van der Waals surface area contributed by atoms with Gasteiger partial charge in [-0.15, -0.1) is 0 Å². The lowest BCUT2D eigenvalue weighted by atomic mass is 9.87. The second-order valence-corrected chi connectivity index (χ2v) is 5.99. The van der Waals surface area contributed by atoms with Crippen LogP contribution < -0.4 is 11.1 Å². The quantitative estimate of drug-likeness (QED) is 0.858. The number of alkyl carbamates (subject to hydrolysis) is 1. The summed E-state index contributed by atoms with van der Waals surface area (Å²) in [6.45, 7) is 8.22. The van der Waals surface area contributed by atoms with Gasteiger partial charge in [-0.25, -0.2) is 4.79 Å². The fourth-order valence-corrected chi connectivity index (χ4v) is 1.59. The average molecular weight is 268 g/mol. The lowest BCUT2D eigenvalue weighted by molar-refractivity contribution is 0.0516. The second kappa shape index (κ2) is 5.61. The van der Waals surface area contributed by atoms with Crippen LogP contribution in [0.2, 0.25) is 0 Å². The van der Waals surface area contributed by atoms with Crippen LogP contribution >= 0.6 is 0 Å². The molecule has 0 aliphatic rings. The summed E-state index contributed by atoms with van der Waals surface area (Å²) in [7, 11) is 1.85. The molecule has 1 rings (SSSR count). The van der Waals surface area contributed by atoms with E-state index in [0.717, 1.165) is 5.69 Å². The Morgan fingerprint density at radius 3 is 2.53 bits per heavy atom. The molecule has 0 saturated heterocycles. The molecule has 0 aliphatic heterocycles. The Kier molecular flexibility index (Phi) is 4.57. The molecule has 6 heteroatoms. The lowest BCUT2D eigenvalue weighted by Gasteiger charge is -2.27. The van der Waals surface area contributed by atoms with E-state index in [4.69, 9.17) is 10.5 Å². The zero-order valence-corrected chi connectivity index (χ0v) is 12.4. The maximum Gasteiger partial charge on any atom is 0.407 e. The highest BCUT2D eigenvalue weighted by molar-refractivity contribution is 5.67. The first-order valence-corrected chi connectivity index (χ1v) is 6.33. The van der Waals surface area contributed by atoms with Crippen molar-refractivity contribution in [2.24, 2.45) is 12.8 Å². The number of ether oxygens (including phenoxy) is 1. The zero-order valence-electron chi connectivity index (χ0n) is 12.4. The van der Waals surface area contributed by atoms with Gasteiger partial charge in [0, 0.05) is 31.7 Å². The van der Waals surface area contributed by atoms with Crippen molar-refractivity contribution in [2.45, 2.75) is 38.7 Å². The first kappa shape index (κ1) is 15.5. The largest absolute Gasteiger partial charge is 0.444 e. The van der Waals surface area contributed by atoms with Gasteiger partial charge in [0.15, 0.2) is 0 Å². The van der Waals surface area contributed by atoms with Crippen molar-refractivity contribution in [2.75, 3.05) is 13.1 Å². The predicted octanol–water partition coefficient (Wildman–Crippen LogP) is 1.16. The van der Waals surface area contributed by atoms with Crippen molar-refractivity contribution in [3.05, 3.63) is 18.0 Å². The number of nitrogens with zero attached hydrogens (tertiary/aromatic N) is 2. The molecule has 1 amide bonds. The van der Waals surface area contributed by atoms with Gasteiger partial charge in [-0.3, -0.25) is 4.68 Å². The normalized spacial score (nSPS) is 14.8. The Bertz CT molecular complexity index is 436. The van der Waals surface area contributed by atoms with E-state index < -0.39 is 17.1 Å². The molecule has 19 heavy (non-hydrogen) atoms. The maximum absolute atomic E-state index is 11.7. The Hall–Kier alpha value is -1.56. The topological polar surface area (TPSA) is 82.2 Å². The molecule has 6 nitrogen and oxygen atoms in total. The maximum atomic E-state index is 11.7. The van der Waals surface area contributed by atoms with Crippen LogP contribution in [-0.4, -0.2) is 34.6 Å². The first-order valence-electron chi connectivity index (χ1n) is 6.33. The van der Waals surface area contributed by atoms with E-state index in [1.165, 1.54) is 0 Å². The molecule has 0 aliphatic carbocycles. The third-order valence-electron chi connectivity index (χ3n) is 2.80. The number of hydrogen-bond donors (Lipinski definition) is 2. The summed E-state index contributed by atoms with van der Waals surface area (Å²) in [5.74, 6) is 0. The molecule has 0 bridgehead atoms. The standard InChI is InChI=1S/C13H24N4O2/c1-12(2,3)19-11(18)15-9-13(4,8-14)10-6-7-17(5)16-10/h6-7H,8-9,14H2,1-5H3,(H,15,18). The highest BCUT2D eigenvalue weighted by Gasteiger charge is 2.29. The Morgan fingerprint density at radius 2 is 2.11 bits per heavy atom. The second-order valence-electron chi connectivity index (χ2n) is 5.99. The Balaban J connectivity index is 2.65. The van der Waals surface area contributed by atoms with E-state index in [2.05, 4.69) is 10.4 Å². The zero-order chi connectivity index (χ0) is 14.7. The molecule has 108 valence electrons. The van der Waals surface area contributed by atoms with Crippen molar-refractivity contribution < 1.29 is 9.53 Å². The molecule has 1 aromatic rings. The summed E-state index contributed by atoms with van der Waals surface area (Å²) in [6, 6.07) is 1.91. The minimum Gasteiger partial charge on any atom is -0.444 e. The van der Waals surface area contributed by atoms with E-state index in [1.54, 1.807) is 4.68 Å². The summed E-state index contributed by atoms with van der Waals surface area (Å²) in [4.78, 5) is 11.7. The van der Waals surface area contributed by atoms with Crippen molar-refractivity contribution in [1.29, 1.82) is 0 Å². The van der Waals surface area contributed by atoms with Gasteiger partial charge in [0.1, 0.15) is 5.60 Å². The number of aryl methyl sites for hydroxylation is 1. The average Bonchev–Trinajstić information content (AvgIpc) is 2.71. The van der Waals surface area contributed by atoms with E-state index in [1.807, 2.05) is 47.0 Å². The molecule has 0 spiro atoms. The van der Waals surface area contributed by atoms with Gasteiger partial charge in [-0.1, -0.05) is 6.92 Å². The van der Waals surface area contributed by atoms with Crippen LogP contribution in [0.15, 0.2) is 12.3 Å². The number of carbonyl (C=O) groups is 1.